The highest BCUT2D eigenvalue weighted by molar-refractivity contribution is 7.88. The van der Waals surface area contributed by atoms with Crippen LogP contribution in [0.5, 0.6) is 0 Å². The molecule has 0 atom stereocenters. The number of carbonyl (C=O) groups is 1. The second-order valence-electron chi connectivity index (χ2n) is 5.50. The Balaban J connectivity index is 2.00. The first-order valence-corrected chi connectivity index (χ1v) is 9.35. The van der Waals surface area contributed by atoms with Gasteiger partial charge in [0.1, 0.15) is 0 Å². The van der Waals surface area contributed by atoms with Gasteiger partial charge >= 0.3 is 0 Å². The lowest BCUT2D eigenvalue weighted by Gasteiger charge is -2.34. The molecule has 0 aliphatic carbocycles. The van der Waals surface area contributed by atoms with Crippen molar-refractivity contribution in [3.63, 3.8) is 0 Å². The van der Waals surface area contributed by atoms with Crippen LogP contribution in [0.1, 0.15) is 19.8 Å². The Morgan fingerprint density at radius 2 is 1.91 bits per heavy atom. The van der Waals surface area contributed by atoms with Gasteiger partial charge in [0.05, 0.1) is 6.26 Å². The molecule has 1 heterocycles. The first-order chi connectivity index (χ1) is 10.4. The molecule has 0 radical (unpaired) electrons. The Labute approximate surface area is 132 Å². The van der Waals surface area contributed by atoms with Crippen LogP contribution in [0.25, 0.3) is 0 Å². The molecule has 0 spiro atoms. The Hall–Kier alpha value is -1.60. The number of benzene rings is 1. The fourth-order valence-corrected chi connectivity index (χ4v) is 3.34. The zero-order valence-electron chi connectivity index (χ0n) is 13.1. The SMILES string of the molecule is CCCC(=O)Nc1cccc(N2CCN(S(C)(=O)=O)CC2)c1. The van der Waals surface area contributed by atoms with Crippen molar-refractivity contribution >= 4 is 27.3 Å². The minimum atomic E-state index is -3.11. The van der Waals surface area contributed by atoms with E-state index in [1.54, 1.807) is 0 Å². The number of nitrogens with zero attached hydrogens (tertiary/aromatic N) is 2. The first-order valence-electron chi connectivity index (χ1n) is 7.50. The summed E-state index contributed by atoms with van der Waals surface area (Å²) in [6.45, 7) is 4.26. The van der Waals surface area contributed by atoms with E-state index in [1.807, 2.05) is 31.2 Å². The number of amides is 1. The summed E-state index contributed by atoms with van der Waals surface area (Å²) in [5.41, 5.74) is 1.78. The van der Waals surface area contributed by atoms with E-state index in [9.17, 15) is 13.2 Å². The number of anilines is 2. The van der Waals surface area contributed by atoms with E-state index >= 15 is 0 Å². The zero-order chi connectivity index (χ0) is 16.2. The molecule has 7 heteroatoms. The summed E-state index contributed by atoms with van der Waals surface area (Å²) >= 11 is 0. The molecule has 1 aliphatic rings. The molecule has 1 fully saturated rings. The van der Waals surface area contributed by atoms with Gasteiger partial charge in [-0.05, 0) is 24.6 Å². The van der Waals surface area contributed by atoms with E-state index in [4.69, 9.17) is 0 Å². The molecule has 1 saturated heterocycles. The summed E-state index contributed by atoms with van der Waals surface area (Å²) in [4.78, 5) is 13.8. The molecule has 1 aliphatic heterocycles. The summed E-state index contributed by atoms with van der Waals surface area (Å²) in [6, 6.07) is 7.68. The van der Waals surface area contributed by atoms with Crippen LogP contribution < -0.4 is 10.2 Å². The minimum Gasteiger partial charge on any atom is -0.369 e. The van der Waals surface area contributed by atoms with Gasteiger partial charge in [-0.2, -0.15) is 4.31 Å². The Bertz CT molecular complexity index is 623. The Morgan fingerprint density at radius 1 is 1.23 bits per heavy atom. The number of hydrogen-bond acceptors (Lipinski definition) is 4. The lowest BCUT2D eigenvalue weighted by atomic mass is 10.2. The van der Waals surface area contributed by atoms with Crippen molar-refractivity contribution in [3.05, 3.63) is 24.3 Å². The fraction of sp³-hybridized carbons (Fsp3) is 0.533. The molecule has 1 amide bonds. The Kier molecular flexibility index (Phi) is 5.42. The normalized spacial score (nSPS) is 16.5. The molecule has 0 unspecified atom stereocenters. The molecule has 22 heavy (non-hydrogen) atoms. The van der Waals surface area contributed by atoms with Gasteiger partial charge in [-0.15, -0.1) is 0 Å². The topological polar surface area (TPSA) is 69.7 Å². The summed E-state index contributed by atoms with van der Waals surface area (Å²) in [5.74, 6) is 0.0153. The van der Waals surface area contributed by atoms with E-state index in [1.165, 1.54) is 10.6 Å². The highest BCUT2D eigenvalue weighted by Crippen LogP contribution is 2.21. The van der Waals surface area contributed by atoms with E-state index in [0.717, 1.165) is 17.8 Å². The standard InChI is InChI=1S/C15H23N3O3S/c1-3-5-15(19)16-13-6-4-7-14(12-13)17-8-10-18(11-9-17)22(2,20)21/h4,6-7,12H,3,5,8-11H2,1-2H3,(H,16,19). The van der Waals surface area contributed by atoms with Gasteiger partial charge in [0.2, 0.25) is 15.9 Å². The van der Waals surface area contributed by atoms with Crippen molar-refractivity contribution in [2.45, 2.75) is 19.8 Å². The third-order valence-electron chi connectivity index (χ3n) is 3.68. The third kappa shape index (κ3) is 4.45. The zero-order valence-corrected chi connectivity index (χ0v) is 13.9. The molecule has 122 valence electrons. The largest absolute Gasteiger partial charge is 0.369 e. The molecule has 2 rings (SSSR count). The van der Waals surface area contributed by atoms with Crippen molar-refractivity contribution < 1.29 is 13.2 Å². The van der Waals surface area contributed by atoms with Gasteiger partial charge in [-0.25, -0.2) is 8.42 Å². The van der Waals surface area contributed by atoms with Gasteiger partial charge in [0.25, 0.3) is 0 Å². The fourth-order valence-electron chi connectivity index (χ4n) is 2.51. The maximum atomic E-state index is 11.7. The second-order valence-corrected chi connectivity index (χ2v) is 7.48. The van der Waals surface area contributed by atoms with E-state index < -0.39 is 10.0 Å². The van der Waals surface area contributed by atoms with Crippen LogP contribution in [-0.4, -0.2) is 51.1 Å². The second kappa shape index (κ2) is 7.11. The predicted molar refractivity (Wildman–Crippen MR) is 88.6 cm³/mol. The van der Waals surface area contributed by atoms with Gasteiger partial charge < -0.3 is 10.2 Å². The van der Waals surface area contributed by atoms with Gasteiger partial charge in [-0.3, -0.25) is 4.79 Å². The number of hydrogen-bond donors (Lipinski definition) is 1. The van der Waals surface area contributed by atoms with Crippen LogP contribution in [0.2, 0.25) is 0 Å². The third-order valence-corrected chi connectivity index (χ3v) is 4.98. The molecular formula is C15H23N3O3S. The van der Waals surface area contributed by atoms with Crippen molar-refractivity contribution in [1.82, 2.24) is 4.31 Å². The van der Waals surface area contributed by atoms with Gasteiger partial charge in [-0.1, -0.05) is 13.0 Å². The summed E-state index contributed by atoms with van der Waals surface area (Å²) in [7, 11) is -3.11. The lowest BCUT2D eigenvalue weighted by molar-refractivity contribution is -0.116. The summed E-state index contributed by atoms with van der Waals surface area (Å²) < 4.78 is 24.5. The molecule has 1 aromatic rings. The highest BCUT2D eigenvalue weighted by atomic mass is 32.2. The van der Waals surface area contributed by atoms with Gasteiger partial charge in [0.15, 0.2) is 0 Å². The average Bonchev–Trinajstić information content (AvgIpc) is 2.47. The number of carbonyl (C=O) groups excluding carboxylic acids is 1. The molecular weight excluding hydrogens is 302 g/mol. The maximum Gasteiger partial charge on any atom is 0.224 e. The van der Waals surface area contributed by atoms with Crippen molar-refractivity contribution in [1.29, 1.82) is 0 Å². The van der Waals surface area contributed by atoms with Crippen LogP contribution >= 0.6 is 0 Å². The number of piperazine rings is 1. The van der Waals surface area contributed by atoms with Crippen LogP contribution in [0.3, 0.4) is 0 Å². The first kappa shape index (κ1) is 16.8. The van der Waals surface area contributed by atoms with Crippen molar-refractivity contribution in [2.75, 3.05) is 42.7 Å². The molecule has 1 aromatic carbocycles. The van der Waals surface area contributed by atoms with E-state index in [2.05, 4.69) is 10.2 Å². The molecule has 6 nitrogen and oxygen atoms in total. The monoisotopic (exact) mass is 325 g/mol. The van der Waals surface area contributed by atoms with Gasteiger partial charge in [0, 0.05) is 44.0 Å². The highest BCUT2D eigenvalue weighted by Gasteiger charge is 2.23. The van der Waals surface area contributed by atoms with Crippen molar-refractivity contribution in [2.24, 2.45) is 0 Å². The Morgan fingerprint density at radius 3 is 2.50 bits per heavy atom. The number of rotatable bonds is 5. The number of nitrogens with one attached hydrogen (secondary N) is 1. The van der Waals surface area contributed by atoms with Crippen LogP contribution in [-0.2, 0) is 14.8 Å². The van der Waals surface area contributed by atoms with E-state index in [-0.39, 0.29) is 5.91 Å². The van der Waals surface area contributed by atoms with Crippen LogP contribution in [0.4, 0.5) is 11.4 Å². The average molecular weight is 325 g/mol. The van der Waals surface area contributed by atoms with Crippen LogP contribution in [0.15, 0.2) is 24.3 Å². The summed E-state index contributed by atoms with van der Waals surface area (Å²) in [5, 5.41) is 2.88. The van der Waals surface area contributed by atoms with Crippen LogP contribution in [0, 0.1) is 0 Å². The number of sulfonamides is 1. The van der Waals surface area contributed by atoms with E-state index in [0.29, 0.717) is 32.6 Å². The molecule has 1 N–H and O–H groups in total. The quantitative estimate of drug-likeness (QED) is 0.891. The maximum absolute atomic E-state index is 11.7. The summed E-state index contributed by atoms with van der Waals surface area (Å²) in [6.07, 6.45) is 2.57. The minimum absolute atomic E-state index is 0.0153. The molecule has 0 saturated carbocycles. The molecule has 0 bridgehead atoms. The molecule has 0 aromatic heterocycles. The van der Waals surface area contributed by atoms with Crippen molar-refractivity contribution in [3.8, 4) is 0 Å². The smallest absolute Gasteiger partial charge is 0.224 e. The predicted octanol–water partition coefficient (Wildman–Crippen LogP) is 1.51. The lowest BCUT2D eigenvalue weighted by Crippen LogP contribution is -2.48.